The van der Waals surface area contributed by atoms with Crippen LogP contribution in [0.3, 0.4) is 0 Å². The lowest BCUT2D eigenvalue weighted by Crippen LogP contribution is -1.99. The molecule has 29 heavy (non-hydrogen) atoms. The first-order valence-corrected chi connectivity index (χ1v) is 11.7. The van der Waals surface area contributed by atoms with Crippen molar-refractivity contribution >= 4 is 0 Å². The van der Waals surface area contributed by atoms with Gasteiger partial charge < -0.3 is 10.2 Å². The van der Waals surface area contributed by atoms with E-state index in [0.29, 0.717) is 11.5 Å². The van der Waals surface area contributed by atoms with Crippen molar-refractivity contribution in [2.75, 3.05) is 0 Å². The van der Waals surface area contributed by atoms with E-state index in [0.717, 1.165) is 92.9 Å². The number of rotatable bonds is 12. The van der Waals surface area contributed by atoms with Crippen LogP contribution in [-0.4, -0.2) is 10.2 Å². The first-order chi connectivity index (χ1) is 14.0. The monoisotopic (exact) mass is 396 g/mol. The predicted molar refractivity (Wildman–Crippen MR) is 124 cm³/mol. The van der Waals surface area contributed by atoms with Crippen molar-refractivity contribution in [3.63, 3.8) is 0 Å². The smallest absolute Gasteiger partial charge is 0.121 e. The fourth-order valence-corrected chi connectivity index (χ4v) is 4.29. The lowest BCUT2D eigenvalue weighted by Gasteiger charge is -2.14. The zero-order valence-corrected chi connectivity index (χ0v) is 19.0. The van der Waals surface area contributed by atoms with Crippen molar-refractivity contribution in [1.82, 2.24) is 0 Å². The molecule has 0 amide bonds. The van der Waals surface area contributed by atoms with Crippen molar-refractivity contribution in [2.24, 2.45) is 0 Å². The van der Waals surface area contributed by atoms with E-state index >= 15 is 0 Å². The third kappa shape index (κ3) is 6.52. The maximum atomic E-state index is 10.5. The maximum Gasteiger partial charge on any atom is 0.121 e. The molecule has 0 saturated carbocycles. The first-order valence-electron chi connectivity index (χ1n) is 11.7. The van der Waals surface area contributed by atoms with E-state index in [1.807, 2.05) is 0 Å². The molecule has 0 fully saturated rings. The Kier molecular flexibility index (Phi) is 9.57. The molecule has 2 N–H and O–H groups in total. The summed E-state index contributed by atoms with van der Waals surface area (Å²) in [5.41, 5.74) is 7.11. The molecule has 2 heteroatoms. The molecular formula is C27H40O2. The molecule has 2 aromatic carbocycles. The van der Waals surface area contributed by atoms with Gasteiger partial charge in [0, 0.05) is 0 Å². The molecule has 2 aromatic rings. The zero-order valence-electron chi connectivity index (χ0n) is 19.0. The summed E-state index contributed by atoms with van der Waals surface area (Å²) >= 11 is 0. The van der Waals surface area contributed by atoms with E-state index < -0.39 is 0 Å². The highest BCUT2D eigenvalue weighted by atomic mass is 16.3. The number of phenolic OH excluding ortho intramolecular Hbond substituents is 2. The van der Waals surface area contributed by atoms with E-state index in [-0.39, 0.29) is 0 Å². The van der Waals surface area contributed by atoms with Gasteiger partial charge in [-0.2, -0.15) is 0 Å². The van der Waals surface area contributed by atoms with Crippen molar-refractivity contribution < 1.29 is 10.2 Å². The molecule has 0 radical (unpaired) electrons. The lowest BCUT2D eigenvalue weighted by molar-refractivity contribution is 0.459. The Morgan fingerprint density at radius 1 is 0.483 bits per heavy atom. The highest BCUT2D eigenvalue weighted by molar-refractivity contribution is 5.45. The minimum atomic E-state index is 0.518. The van der Waals surface area contributed by atoms with Crippen molar-refractivity contribution in [3.8, 4) is 11.5 Å². The largest absolute Gasteiger partial charge is 0.507 e. The third-order valence-electron chi connectivity index (χ3n) is 5.66. The Bertz CT molecular complexity index is 657. The molecule has 0 spiro atoms. The van der Waals surface area contributed by atoms with Gasteiger partial charge >= 0.3 is 0 Å². The molecule has 0 atom stereocenters. The van der Waals surface area contributed by atoms with E-state index in [1.54, 1.807) is 0 Å². The average Bonchev–Trinajstić information content (AvgIpc) is 2.69. The van der Waals surface area contributed by atoms with Gasteiger partial charge in [0.2, 0.25) is 0 Å². The van der Waals surface area contributed by atoms with Crippen LogP contribution in [0.15, 0.2) is 24.3 Å². The average molecular weight is 397 g/mol. The van der Waals surface area contributed by atoms with Gasteiger partial charge in [-0.25, -0.2) is 0 Å². The van der Waals surface area contributed by atoms with Gasteiger partial charge in [-0.1, -0.05) is 77.6 Å². The van der Waals surface area contributed by atoms with Gasteiger partial charge in [-0.3, -0.25) is 0 Å². The van der Waals surface area contributed by atoms with E-state index in [1.165, 1.54) is 11.1 Å². The quantitative estimate of drug-likeness (QED) is 0.402. The van der Waals surface area contributed by atoms with Gasteiger partial charge in [-0.05, 0) is 78.3 Å². The maximum absolute atomic E-state index is 10.5. The first kappa shape index (κ1) is 23.3. The number of hydrogen-bond donors (Lipinski definition) is 2. The van der Waals surface area contributed by atoms with Crippen LogP contribution in [0.4, 0.5) is 0 Å². The molecule has 0 heterocycles. The molecule has 0 bridgehead atoms. The van der Waals surface area contributed by atoms with Gasteiger partial charge in [0.1, 0.15) is 11.5 Å². The van der Waals surface area contributed by atoms with Crippen molar-refractivity contribution in [1.29, 1.82) is 0 Å². The minimum absolute atomic E-state index is 0.518. The standard InChI is InChI=1S/C27H40O2/c1-5-10-22-16-20(17-23(11-6-2)26(22)28)14-9-15-21-18-24(12-7-3)27(29)25(19-21)13-8-4/h16-19,28-29H,5-15H2,1-4H3. The van der Waals surface area contributed by atoms with Crippen molar-refractivity contribution in [3.05, 3.63) is 57.6 Å². The summed E-state index contributed by atoms with van der Waals surface area (Å²) < 4.78 is 0. The second kappa shape index (κ2) is 11.9. The summed E-state index contributed by atoms with van der Waals surface area (Å²) in [6.07, 6.45) is 11.1. The Balaban J connectivity index is 2.14. The number of hydrogen-bond acceptors (Lipinski definition) is 2. The van der Waals surface area contributed by atoms with Gasteiger partial charge in [0.25, 0.3) is 0 Å². The van der Waals surface area contributed by atoms with Gasteiger partial charge in [0.05, 0.1) is 0 Å². The number of benzene rings is 2. The Labute approximate surface area is 178 Å². The third-order valence-corrected chi connectivity index (χ3v) is 5.66. The van der Waals surface area contributed by atoms with Crippen LogP contribution in [0.2, 0.25) is 0 Å². The van der Waals surface area contributed by atoms with E-state index in [2.05, 4.69) is 52.0 Å². The van der Waals surface area contributed by atoms with Crippen LogP contribution < -0.4 is 0 Å². The minimum Gasteiger partial charge on any atom is -0.507 e. The normalized spacial score (nSPS) is 11.2. The number of aromatic hydroxyl groups is 2. The molecule has 0 unspecified atom stereocenters. The van der Waals surface area contributed by atoms with Crippen LogP contribution in [0.1, 0.15) is 93.2 Å². The molecule has 0 saturated heterocycles. The molecule has 0 aliphatic heterocycles. The summed E-state index contributed by atoms with van der Waals surface area (Å²) in [6, 6.07) is 8.83. The lowest BCUT2D eigenvalue weighted by atomic mass is 9.93. The summed E-state index contributed by atoms with van der Waals surface area (Å²) in [4.78, 5) is 0. The molecule has 0 aliphatic carbocycles. The van der Waals surface area contributed by atoms with Gasteiger partial charge in [-0.15, -0.1) is 0 Å². The molecular weight excluding hydrogens is 356 g/mol. The Morgan fingerprint density at radius 2 is 0.759 bits per heavy atom. The van der Waals surface area contributed by atoms with Crippen LogP contribution in [0.25, 0.3) is 0 Å². The van der Waals surface area contributed by atoms with E-state index in [4.69, 9.17) is 0 Å². The topological polar surface area (TPSA) is 40.5 Å². The predicted octanol–water partition coefficient (Wildman–Crippen LogP) is 7.08. The van der Waals surface area contributed by atoms with Crippen LogP contribution >= 0.6 is 0 Å². The van der Waals surface area contributed by atoms with Crippen LogP contribution in [-0.2, 0) is 38.5 Å². The summed E-state index contributed by atoms with van der Waals surface area (Å²) in [6.45, 7) is 8.66. The molecule has 0 aromatic heterocycles. The molecule has 160 valence electrons. The van der Waals surface area contributed by atoms with Gasteiger partial charge in [0.15, 0.2) is 0 Å². The summed E-state index contributed by atoms with van der Waals surface area (Å²) in [5, 5.41) is 21.1. The fraction of sp³-hybridized carbons (Fsp3) is 0.556. The van der Waals surface area contributed by atoms with Crippen LogP contribution in [0.5, 0.6) is 11.5 Å². The molecule has 2 nitrogen and oxygen atoms in total. The zero-order chi connectivity index (χ0) is 21.2. The number of phenols is 2. The molecule has 0 aliphatic rings. The SMILES string of the molecule is CCCc1cc(CCCc2cc(CCC)c(O)c(CCC)c2)cc(CCC)c1O. The highest BCUT2D eigenvalue weighted by Gasteiger charge is 2.11. The number of aryl methyl sites for hydroxylation is 6. The summed E-state index contributed by atoms with van der Waals surface area (Å²) in [7, 11) is 0. The highest BCUT2D eigenvalue weighted by Crippen LogP contribution is 2.30. The van der Waals surface area contributed by atoms with Crippen molar-refractivity contribution in [2.45, 2.75) is 98.3 Å². The van der Waals surface area contributed by atoms with Crippen LogP contribution in [0, 0.1) is 0 Å². The Hall–Kier alpha value is -1.96. The second-order valence-electron chi connectivity index (χ2n) is 8.38. The van der Waals surface area contributed by atoms with E-state index in [9.17, 15) is 10.2 Å². The Morgan fingerprint density at radius 3 is 1.00 bits per heavy atom. The summed E-state index contributed by atoms with van der Waals surface area (Å²) in [5.74, 6) is 1.04. The molecule has 2 rings (SSSR count). The second-order valence-corrected chi connectivity index (χ2v) is 8.38. The fourth-order valence-electron chi connectivity index (χ4n) is 4.29.